The van der Waals surface area contributed by atoms with Gasteiger partial charge in [0.15, 0.2) is 0 Å². The van der Waals surface area contributed by atoms with Crippen molar-refractivity contribution in [1.82, 2.24) is 15.3 Å². The second-order valence-electron chi connectivity index (χ2n) is 7.41. The van der Waals surface area contributed by atoms with Gasteiger partial charge in [0.05, 0.1) is 7.11 Å². The number of aromatic nitrogens is 2. The van der Waals surface area contributed by atoms with E-state index in [0.717, 1.165) is 27.9 Å². The zero-order valence-corrected chi connectivity index (χ0v) is 18.4. The Balaban J connectivity index is 1.63. The van der Waals surface area contributed by atoms with E-state index in [1.165, 1.54) is 7.11 Å². The molecule has 3 rings (SSSR count). The molecule has 32 heavy (non-hydrogen) atoms. The Labute approximate surface area is 188 Å². The quantitative estimate of drug-likeness (QED) is 0.347. The van der Waals surface area contributed by atoms with Gasteiger partial charge in [-0.15, -0.1) is 0 Å². The first-order valence-electron chi connectivity index (χ1n) is 10.4. The third-order valence-corrected chi connectivity index (χ3v) is 5.08. The first-order chi connectivity index (χ1) is 15.5. The smallest absolute Gasteiger partial charge is 0.323 e. The molecule has 0 radical (unpaired) electrons. The Morgan fingerprint density at radius 3 is 2.34 bits per heavy atom. The van der Waals surface area contributed by atoms with E-state index in [-0.39, 0.29) is 0 Å². The highest BCUT2D eigenvalue weighted by Crippen LogP contribution is 2.21. The van der Waals surface area contributed by atoms with Crippen molar-refractivity contribution < 1.29 is 14.6 Å². The maximum atomic E-state index is 12.3. The fraction of sp³-hybridized carbons (Fsp3) is 0.240. The summed E-state index contributed by atoms with van der Waals surface area (Å²) in [4.78, 5) is 20.5. The number of carbonyl (C=O) groups excluding carboxylic acids is 1. The minimum absolute atomic E-state index is 0.368. The number of aliphatic hydroxyl groups is 1. The van der Waals surface area contributed by atoms with Crippen LogP contribution in [0.1, 0.15) is 34.9 Å². The number of benzene rings is 2. The zero-order chi connectivity index (χ0) is 22.9. The largest absolute Gasteiger partial charge is 0.468 e. The number of nitrogens with one attached hydrogen (secondary N) is 2. The monoisotopic (exact) mass is 432 g/mol. The van der Waals surface area contributed by atoms with Crippen LogP contribution in [0.15, 0.2) is 67.0 Å². The van der Waals surface area contributed by atoms with Crippen molar-refractivity contribution in [2.45, 2.75) is 32.5 Å². The van der Waals surface area contributed by atoms with Crippen LogP contribution in [-0.4, -0.2) is 34.2 Å². The number of carbonyl (C=O) groups is 1. The van der Waals surface area contributed by atoms with Crippen molar-refractivity contribution in [3.63, 3.8) is 0 Å². The minimum atomic E-state index is -0.973. The molecule has 0 saturated carbocycles. The Morgan fingerprint density at radius 1 is 1.06 bits per heavy atom. The molecule has 2 unspecified atom stereocenters. The number of hydrogen-bond donors (Lipinski definition) is 3. The van der Waals surface area contributed by atoms with Crippen LogP contribution in [0.4, 0.5) is 11.6 Å². The summed E-state index contributed by atoms with van der Waals surface area (Å²) < 4.78 is 4.92. The van der Waals surface area contributed by atoms with Crippen molar-refractivity contribution in [3.8, 4) is 0 Å². The summed E-state index contributed by atoms with van der Waals surface area (Å²) in [7, 11) is 1.34. The third-order valence-electron chi connectivity index (χ3n) is 5.08. The van der Waals surface area contributed by atoms with Crippen LogP contribution in [-0.2, 0) is 9.53 Å². The maximum absolute atomic E-state index is 12.3. The summed E-state index contributed by atoms with van der Waals surface area (Å²) in [6.07, 6.45) is 6.55. The van der Waals surface area contributed by atoms with Crippen LogP contribution in [0.2, 0.25) is 0 Å². The van der Waals surface area contributed by atoms with Gasteiger partial charge in [0, 0.05) is 23.6 Å². The highest BCUT2D eigenvalue weighted by molar-refractivity contribution is 5.76. The highest BCUT2D eigenvalue weighted by Gasteiger charge is 2.23. The van der Waals surface area contributed by atoms with E-state index in [0.29, 0.717) is 12.4 Å². The lowest BCUT2D eigenvalue weighted by Crippen LogP contribution is -2.40. The summed E-state index contributed by atoms with van der Waals surface area (Å²) >= 11 is 0. The number of aryl methyl sites for hydroxylation is 2. The number of ether oxygens (including phenoxy) is 1. The Morgan fingerprint density at radius 2 is 1.72 bits per heavy atom. The Kier molecular flexibility index (Phi) is 8.08. The summed E-state index contributed by atoms with van der Waals surface area (Å²) in [5, 5.41) is 16.8. The van der Waals surface area contributed by atoms with Crippen LogP contribution in [0.5, 0.6) is 0 Å². The predicted octanol–water partition coefficient (Wildman–Crippen LogP) is 4.06. The molecule has 1 aromatic heterocycles. The van der Waals surface area contributed by atoms with Crippen LogP contribution in [0.25, 0.3) is 6.08 Å². The normalized spacial score (nSPS) is 13.0. The molecule has 0 amide bonds. The van der Waals surface area contributed by atoms with E-state index in [1.807, 2.05) is 68.5 Å². The van der Waals surface area contributed by atoms with Gasteiger partial charge in [-0.3, -0.25) is 10.1 Å². The maximum Gasteiger partial charge on any atom is 0.323 e. The van der Waals surface area contributed by atoms with Gasteiger partial charge in [-0.05, 0) is 55.2 Å². The summed E-state index contributed by atoms with van der Waals surface area (Å²) in [6, 6.07) is 14.6. The lowest BCUT2D eigenvalue weighted by molar-refractivity contribution is -0.144. The van der Waals surface area contributed by atoms with E-state index in [1.54, 1.807) is 18.5 Å². The fourth-order valence-corrected chi connectivity index (χ4v) is 3.42. The molecule has 0 bridgehead atoms. The van der Waals surface area contributed by atoms with Gasteiger partial charge in [-0.1, -0.05) is 42.5 Å². The standard InChI is InChI=1S/C25H28N4O3/c1-17-7-4-8-18(2)22(17)23(30)29-21(24(31)32-3)10-5-9-19-11-13-20(14-12-19)28-25-26-15-6-16-27-25/h4-9,11-16,21,23,29-30H,10H2,1-3H3,(H,26,27,28)/b9-5+. The van der Waals surface area contributed by atoms with Gasteiger partial charge in [0.2, 0.25) is 5.95 Å². The number of methoxy groups -OCH3 is 1. The lowest BCUT2D eigenvalue weighted by atomic mass is 10.0. The van der Waals surface area contributed by atoms with E-state index < -0.39 is 18.2 Å². The van der Waals surface area contributed by atoms with Gasteiger partial charge < -0.3 is 15.2 Å². The van der Waals surface area contributed by atoms with E-state index >= 15 is 0 Å². The third kappa shape index (κ3) is 6.23. The van der Waals surface area contributed by atoms with Gasteiger partial charge in [-0.2, -0.15) is 0 Å². The molecule has 2 atom stereocenters. The van der Waals surface area contributed by atoms with Crippen molar-refractivity contribution in [3.05, 3.63) is 89.3 Å². The topological polar surface area (TPSA) is 96.4 Å². The molecule has 0 spiro atoms. The van der Waals surface area contributed by atoms with Gasteiger partial charge in [-0.25, -0.2) is 9.97 Å². The van der Waals surface area contributed by atoms with E-state index in [2.05, 4.69) is 20.6 Å². The van der Waals surface area contributed by atoms with Crippen LogP contribution in [0, 0.1) is 13.8 Å². The summed E-state index contributed by atoms with van der Waals surface area (Å²) in [6.45, 7) is 3.87. The van der Waals surface area contributed by atoms with Gasteiger partial charge in [0.1, 0.15) is 12.3 Å². The van der Waals surface area contributed by atoms with E-state index in [9.17, 15) is 9.90 Å². The van der Waals surface area contributed by atoms with Crippen LogP contribution < -0.4 is 10.6 Å². The molecule has 0 aliphatic heterocycles. The highest BCUT2D eigenvalue weighted by atomic mass is 16.5. The number of aliphatic hydroxyl groups excluding tert-OH is 1. The molecule has 3 N–H and O–H groups in total. The molecule has 2 aromatic carbocycles. The average molecular weight is 433 g/mol. The average Bonchev–Trinajstić information content (AvgIpc) is 2.79. The fourth-order valence-electron chi connectivity index (χ4n) is 3.42. The molecule has 0 saturated heterocycles. The van der Waals surface area contributed by atoms with Crippen LogP contribution >= 0.6 is 0 Å². The van der Waals surface area contributed by atoms with Crippen LogP contribution in [0.3, 0.4) is 0 Å². The molecular weight excluding hydrogens is 404 g/mol. The number of rotatable bonds is 9. The SMILES string of the molecule is COC(=O)C(C/C=C/c1ccc(Nc2ncccn2)cc1)NC(O)c1c(C)cccc1C. The molecule has 7 heteroatoms. The minimum Gasteiger partial charge on any atom is -0.468 e. The van der Waals surface area contributed by atoms with Crippen molar-refractivity contribution in [1.29, 1.82) is 0 Å². The first-order valence-corrected chi connectivity index (χ1v) is 10.4. The van der Waals surface area contributed by atoms with Crippen molar-refractivity contribution >= 4 is 23.7 Å². The Bertz CT molecular complexity index is 1030. The predicted molar refractivity (Wildman–Crippen MR) is 125 cm³/mol. The van der Waals surface area contributed by atoms with E-state index in [4.69, 9.17) is 4.74 Å². The molecule has 3 aromatic rings. The van der Waals surface area contributed by atoms with Crippen molar-refractivity contribution in [2.24, 2.45) is 0 Å². The Hall–Kier alpha value is -3.55. The first kappa shape index (κ1) is 23.1. The molecular formula is C25H28N4O3. The van der Waals surface area contributed by atoms with Gasteiger partial charge >= 0.3 is 5.97 Å². The van der Waals surface area contributed by atoms with Crippen molar-refractivity contribution in [2.75, 3.05) is 12.4 Å². The molecule has 0 fully saturated rings. The number of nitrogens with zero attached hydrogens (tertiary/aromatic N) is 2. The molecule has 7 nitrogen and oxygen atoms in total. The molecule has 166 valence electrons. The number of hydrogen-bond acceptors (Lipinski definition) is 7. The summed E-state index contributed by atoms with van der Waals surface area (Å²) in [5.41, 5.74) is 4.54. The second-order valence-corrected chi connectivity index (χ2v) is 7.41. The molecule has 1 heterocycles. The molecule has 0 aliphatic rings. The number of anilines is 2. The zero-order valence-electron chi connectivity index (χ0n) is 18.4. The van der Waals surface area contributed by atoms with Gasteiger partial charge in [0.25, 0.3) is 0 Å². The lowest BCUT2D eigenvalue weighted by Gasteiger charge is -2.22. The number of esters is 1. The summed E-state index contributed by atoms with van der Waals surface area (Å²) in [5.74, 6) is 0.104. The second kappa shape index (κ2) is 11.2. The molecule has 0 aliphatic carbocycles.